The fraction of sp³-hybridized carbons (Fsp3) is 0.0800. The average Bonchev–Trinajstić information content (AvgIpc) is 2.76. The standard InChI is InChI=1S/C25H21ClN.BF4/c1-19-16-24(21-8-4-2-5-9-21)27(18-20-12-14-23(26)15-13-20)25(17-19)22-10-6-3-7-11-22;2-1(3,4)5/h2-17H,18H2,1H3;/q+1;-1. The zero-order chi connectivity index (χ0) is 23.1. The maximum atomic E-state index is 9.75. The summed E-state index contributed by atoms with van der Waals surface area (Å²) in [7, 11) is -6.00. The molecule has 0 fully saturated rings. The first-order valence-corrected chi connectivity index (χ1v) is 10.4. The summed E-state index contributed by atoms with van der Waals surface area (Å²) in [5, 5.41) is 0.763. The SMILES string of the molecule is Cc1cc(-c2ccccc2)[n+](Cc2ccc(Cl)cc2)c(-c2ccccc2)c1.F[B-](F)(F)F. The fourth-order valence-electron chi connectivity index (χ4n) is 3.40. The second-order valence-electron chi connectivity index (χ2n) is 7.24. The van der Waals surface area contributed by atoms with E-state index in [1.54, 1.807) is 0 Å². The number of halogens is 5. The Hall–Kier alpha value is -3.12. The number of nitrogens with zero attached hydrogens (tertiary/aromatic N) is 1. The van der Waals surface area contributed by atoms with Crippen molar-refractivity contribution in [2.45, 2.75) is 13.5 Å². The van der Waals surface area contributed by atoms with Crippen molar-refractivity contribution >= 4 is 18.9 Å². The molecule has 4 aromatic rings. The number of pyridine rings is 1. The second-order valence-corrected chi connectivity index (χ2v) is 7.68. The molecule has 0 aliphatic rings. The highest BCUT2D eigenvalue weighted by Gasteiger charge is 2.22. The molecule has 0 unspecified atom stereocenters. The van der Waals surface area contributed by atoms with E-state index in [9.17, 15) is 17.3 Å². The minimum Gasteiger partial charge on any atom is -0.418 e. The third kappa shape index (κ3) is 6.96. The number of hydrogen-bond donors (Lipinski definition) is 0. The van der Waals surface area contributed by atoms with E-state index in [2.05, 4.69) is 96.4 Å². The molecule has 7 heteroatoms. The van der Waals surface area contributed by atoms with E-state index in [0.29, 0.717) is 0 Å². The smallest absolute Gasteiger partial charge is 0.418 e. The fourth-order valence-corrected chi connectivity index (χ4v) is 3.52. The highest BCUT2D eigenvalue weighted by Crippen LogP contribution is 2.24. The van der Waals surface area contributed by atoms with Crippen molar-refractivity contribution in [3.05, 3.63) is 113 Å². The largest absolute Gasteiger partial charge is 0.673 e. The predicted molar refractivity (Wildman–Crippen MR) is 123 cm³/mol. The number of aromatic nitrogens is 1. The van der Waals surface area contributed by atoms with Gasteiger partial charge in [-0.3, -0.25) is 0 Å². The van der Waals surface area contributed by atoms with Crippen molar-refractivity contribution in [2.75, 3.05) is 0 Å². The Morgan fingerprint density at radius 1 is 0.688 bits per heavy atom. The zero-order valence-electron chi connectivity index (χ0n) is 17.4. The van der Waals surface area contributed by atoms with Crippen LogP contribution in [0.2, 0.25) is 5.02 Å². The van der Waals surface area contributed by atoms with Gasteiger partial charge in [0.05, 0.1) is 0 Å². The number of benzene rings is 3. The molecular weight excluding hydrogens is 437 g/mol. The van der Waals surface area contributed by atoms with Crippen LogP contribution >= 0.6 is 11.6 Å². The lowest BCUT2D eigenvalue weighted by molar-refractivity contribution is -0.666. The molecule has 4 rings (SSSR count). The molecule has 0 aliphatic carbocycles. The van der Waals surface area contributed by atoms with Crippen molar-refractivity contribution in [3.8, 4) is 22.5 Å². The number of rotatable bonds is 4. The molecule has 1 nitrogen and oxygen atoms in total. The van der Waals surface area contributed by atoms with Crippen molar-refractivity contribution in [2.24, 2.45) is 0 Å². The quantitative estimate of drug-likeness (QED) is 0.169. The maximum absolute atomic E-state index is 9.75. The second kappa shape index (κ2) is 10.5. The predicted octanol–water partition coefficient (Wildman–Crippen LogP) is 7.62. The highest BCUT2D eigenvalue weighted by molar-refractivity contribution is 6.50. The lowest BCUT2D eigenvalue weighted by atomic mass is 10.0. The molecule has 32 heavy (non-hydrogen) atoms. The molecule has 1 heterocycles. The van der Waals surface area contributed by atoms with Gasteiger partial charge in [-0.2, -0.15) is 4.57 Å². The first kappa shape index (κ1) is 23.5. The van der Waals surface area contributed by atoms with E-state index in [1.807, 2.05) is 12.1 Å². The van der Waals surface area contributed by atoms with Crippen LogP contribution in [-0.2, 0) is 6.54 Å². The normalized spacial score (nSPS) is 10.9. The third-order valence-corrected chi connectivity index (χ3v) is 4.96. The van der Waals surface area contributed by atoms with Gasteiger partial charge < -0.3 is 17.3 Å². The van der Waals surface area contributed by atoms with Crippen LogP contribution in [0.1, 0.15) is 11.1 Å². The minimum absolute atomic E-state index is 0.763. The van der Waals surface area contributed by atoms with Gasteiger partial charge in [0.2, 0.25) is 11.4 Å². The summed E-state index contributed by atoms with van der Waals surface area (Å²) in [4.78, 5) is 0. The Kier molecular flexibility index (Phi) is 7.70. The summed E-state index contributed by atoms with van der Waals surface area (Å²) in [5.41, 5.74) is 7.33. The van der Waals surface area contributed by atoms with Gasteiger partial charge in [0.1, 0.15) is 0 Å². The lowest BCUT2D eigenvalue weighted by Gasteiger charge is -2.11. The molecule has 0 radical (unpaired) electrons. The molecule has 3 aromatic carbocycles. The molecule has 0 atom stereocenters. The summed E-state index contributed by atoms with van der Waals surface area (Å²) in [6, 6.07) is 33.8. The van der Waals surface area contributed by atoms with E-state index in [1.165, 1.54) is 33.6 Å². The van der Waals surface area contributed by atoms with Gasteiger partial charge in [0, 0.05) is 33.8 Å². The Morgan fingerprint density at radius 2 is 1.09 bits per heavy atom. The van der Waals surface area contributed by atoms with Crippen molar-refractivity contribution in [1.29, 1.82) is 0 Å². The van der Waals surface area contributed by atoms with Crippen LogP contribution in [-0.4, -0.2) is 7.25 Å². The van der Waals surface area contributed by atoms with Crippen molar-refractivity contribution < 1.29 is 21.8 Å². The average molecular weight is 458 g/mol. The Labute approximate surface area is 190 Å². The van der Waals surface area contributed by atoms with Gasteiger partial charge in [0.25, 0.3) is 0 Å². The van der Waals surface area contributed by atoms with Crippen LogP contribution in [0.5, 0.6) is 0 Å². The van der Waals surface area contributed by atoms with E-state index in [0.717, 1.165) is 11.6 Å². The van der Waals surface area contributed by atoms with E-state index in [4.69, 9.17) is 11.6 Å². The Morgan fingerprint density at radius 3 is 1.50 bits per heavy atom. The van der Waals surface area contributed by atoms with Crippen molar-refractivity contribution in [1.82, 2.24) is 0 Å². The maximum Gasteiger partial charge on any atom is 0.673 e. The number of hydrogen-bond acceptors (Lipinski definition) is 0. The summed E-state index contributed by atoms with van der Waals surface area (Å²) in [5.74, 6) is 0. The molecule has 0 bridgehead atoms. The molecule has 0 aliphatic heterocycles. The first-order valence-electron chi connectivity index (χ1n) is 9.98. The molecular formula is C25H21BClF4N. The summed E-state index contributed by atoms with van der Waals surface area (Å²) < 4.78 is 41.4. The summed E-state index contributed by atoms with van der Waals surface area (Å²) >= 11 is 6.08. The monoisotopic (exact) mass is 457 g/mol. The van der Waals surface area contributed by atoms with Crippen LogP contribution in [0.3, 0.4) is 0 Å². The van der Waals surface area contributed by atoms with Crippen LogP contribution in [0.4, 0.5) is 17.3 Å². The minimum atomic E-state index is -6.00. The van der Waals surface area contributed by atoms with Crippen LogP contribution in [0, 0.1) is 6.92 Å². The molecule has 0 saturated carbocycles. The topological polar surface area (TPSA) is 3.88 Å². The van der Waals surface area contributed by atoms with Gasteiger partial charge in [-0.05, 0) is 48.9 Å². The molecule has 1 aromatic heterocycles. The van der Waals surface area contributed by atoms with Gasteiger partial charge in [-0.1, -0.05) is 60.1 Å². The molecule has 0 saturated heterocycles. The highest BCUT2D eigenvalue weighted by atomic mass is 35.5. The molecule has 0 spiro atoms. The Balaban J connectivity index is 0.000000523. The van der Waals surface area contributed by atoms with E-state index < -0.39 is 7.25 Å². The zero-order valence-corrected chi connectivity index (χ0v) is 18.1. The van der Waals surface area contributed by atoms with E-state index in [-0.39, 0.29) is 0 Å². The Bertz CT molecular complexity index is 1080. The van der Waals surface area contributed by atoms with Gasteiger partial charge in [-0.15, -0.1) is 0 Å². The molecule has 0 amide bonds. The number of aryl methyl sites for hydroxylation is 1. The van der Waals surface area contributed by atoms with Crippen molar-refractivity contribution in [3.63, 3.8) is 0 Å². The third-order valence-electron chi connectivity index (χ3n) is 4.70. The van der Waals surface area contributed by atoms with Gasteiger partial charge in [-0.25, -0.2) is 0 Å². The van der Waals surface area contributed by atoms with Crippen LogP contribution < -0.4 is 4.57 Å². The summed E-state index contributed by atoms with van der Waals surface area (Å²) in [6.07, 6.45) is 0. The van der Waals surface area contributed by atoms with Gasteiger partial charge in [0.15, 0.2) is 6.54 Å². The lowest BCUT2D eigenvalue weighted by Crippen LogP contribution is -2.39. The van der Waals surface area contributed by atoms with E-state index >= 15 is 0 Å². The summed E-state index contributed by atoms with van der Waals surface area (Å²) in [6.45, 7) is 2.94. The van der Waals surface area contributed by atoms with Crippen LogP contribution in [0.25, 0.3) is 22.5 Å². The molecule has 164 valence electrons. The van der Waals surface area contributed by atoms with Gasteiger partial charge >= 0.3 is 7.25 Å². The first-order chi connectivity index (χ1) is 15.2. The van der Waals surface area contributed by atoms with Crippen LogP contribution in [0.15, 0.2) is 97.1 Å². The molecule has 0 N–H and O–H groups in total.